The number of epoxide rings is 1. The van der Waals surface area contributed by atoms with E-state index in [4.69, 9.17) is 4.74 Å². The molecule has 0 spiro atoms. The number of aliphatic hydroxyl groups is 1. The van der Waals surface area contributed by atoms with Crippen molar-refractivity contribution in [3.63, 3.8) is 0 Å². The van der Waals surface area contributed by atoms with E-state index in [1.54, 1.807) is 0 Å². The number of hydrogen-bond donors (Lipinski definition) is 1. The molecule has 3 heteroatoms. The molecule has 0 bridgehead atoms. The van der Waals surface area contributed by atoms with Crippen LogP contribution in [0.3, 0.4) is 0 Å². The van der Waals surface area contributed by atoms with Crippen LogP contribution in [-0.2, 0) is 9.53 Å². The summed E-state index contributed by atoms with van der Waals surface area (Å²) in [6.45, 7) is 2.07. The first-order valence-electron chi connectivity index (χ1n) is 5.01. The van der Waals surface area contributed by atoms with Gasteiger partial charge >= 0.3 is 0 Å². The summed E-state index contributed by atoms with van der Waals surface area (Å²) < 4.78 is 5.39. The van der Waals surface area contributed by atoms with Gasteiger partial charge in [0.05, 0.1) is 24.2 Å². The van der Waals surface area contributed by atoms with Crippen LogP contribution in [0.25, 0.3) is 0 Å². The number of ketones is 1. The number of rotatable bonds is 2. The minimum Gasteiger partial charge on any atom is -0.395 e. The summed E-state index contributed by atoms with van der Waals surface area (Å²) in [5.74, 6) is 1.04. The Morgan fingerprint density at radius 1 is 1.69 bits per heavy atom. The van der Waals surface area contributed by atoms with Crippen molar-refractivity contribution >= 4 is 5.78 Å². The van der Waals surface area contributed by atoms with Crippen molar-refractivity contribution in [2.24, 2.45) is 17.3 Å². The number of aliphatic hydroxyl groups excluding tert-OH is 1. The molecule has 3 nitrogen and oxygen atoms in total. The minimum atomic E-state index is -0.366. The zero-order chi connectivity index (χ0) is 9.22. The summed E-state index contributed by atoms with van der Waals surface area (Å²) in [6, 6.07) is 0. The minimum absolute atomic E-state index is 0.0355. The third kappa shape index (κ3) is 0.754. The number of hydrogen-bond acceptors (Lipinski definition) is 3. The molecule has 13 heavy (non-hydrogen) atoms. The number of carbonyl (C=O) groups excluding carboxylic acids is 1. The van der Waals surface area contributed by atoms with Crippen molar-refractivity contribution < 1.29 is 14.6 Å². The van der Waals surface area contributed by atoms with Gasteiger partial charge in [0, 0.05) is 12.3 Å². The monoisotopic (exact) mass is 182 g/mol. The van der Waals surface area contributed by atoms with Crippen molar-refractivity contribution in [1.82, 2.24) is 0 Å². The van der Waals surface area contributed by atoms with Gasteiger partial charge in [0.1, 0.15) is 5.78 Å². The first-order valence-corrected chi connectivity index (χ1v) is 5.01. The van der Waals surface area contributed by atoms with E-state index in [2.05, 4.69) is 0 Å². The third-order valence-corrected chi connectivity index (χ3v) is 4.16. The van der Waals surface area contributed by atoms with Crippen LogP contribution in [-0.4, -0.2) is 29.7 Å². The smallest absolute Gasteiger partial charge is 0.142 e. The molecule has 0 aromatic carbocycles. The number of carbonyl (C=O) groups is 1. The Morgan fingerprint density at radius 2 is 2.38 bits per heavy atom. The van der Waals surface area contributed by atoms with Gasteiger partial charge in [0.15, 0.2) is 0 Å². The highest BCUT2D eigenvalue weighted by atomic mass is 16.6. The van der Waals surface area contributed by atoms with Crippen LogP contribution in [0.5, 0.6) is 0 Å². The van der Waals surface area contributed by atoms with Gasteiger partial charge in [0.2, 0.25) is 0 Å². The molecule has 0 aromatic rings. The third-order valence-electron chi connectivity index (χ3n) is 4.16. The topological polar surface area (TPSA) is 49.8 Å². The van der Waals surface area contributed by atoms with Crippen molar-refractivity contribution in [1.29, 1.82) is 0 Å². The molecule has 5 atom stereocenters. The average Bonchev–Trinajstić information content (AvgIpc) is 2.94. The normalized spacial score (nSPS) is 57.8. The average molecular weight is 182 g/mol. The van der Waals surface area contributed by atoms with Crippen molar-refractivity contribution in [3.05, 3.63) is 0 Å². The molecule has 2 saturated carbocycles. The SMILES string of the molecule is C[C@@H]1O[C@@H]1[C@@H]1[C@H]2CCC(=O)[C@@]12CO. The zero-order valence-corrected chi connectivity index (χ0v) is 7.69. The summed E-state index contributed by atoms with van der Waals surface area (Å²) in [7, 11) is 0. The van der Waals surface area contributed by atoms with Crippen molar-refractivity contribution in [2.45, 2.75) is 32.0 Å². The van der Waals surface area contributed by atoms with Gasteiger partial charge in [-0.3, -0.25) is 4.79 Å². The lowest BCUT2D eigenvalue weighted by atomic mass is 9.97. The highest BCUT2D eigenvalue weighted by molar-refractivity contribution is 5.92. The van der Waals surface area contributed by atoms with Crippen LogP contribution in [0.4, 0.5) is 0 Å². The molecule has 72 valence electrons. The second-order valence-electron chi connectivity index (χ2n) is 4.60. The van der Waals surface area contributed by atoms with E-state index in [1.807, 2.05) is 6.92 Å². The van der Waals surface area contributed by atoms with E-state index >= 15 is 0 Å². The molecule has 2 aliphatic carbocycles. The Kier molecular flexibility index (Phi) is 1.31. The number of ether oxygens (including phenoxy) is 1. The van der Waals surface area contributed by atoms with E-state index in [0.717, 1.165) is 6.42 Å². The molecule has 1 heterocycles. The van der Waals surface area contributed by atoms with Crippen LogP contribution < -0.4 is 0 Å². The van der Waals surface area contributed by atoms with E-state index in [-0.39, 0.29) is 23.9 Å². The summed E-state index contributed by atoms with van der Waals surface area (Å²) >= 11 is 0. The Morgan fingerprint density at radius 3 is 2.85 bits per heavy atom. The lowest BCUT2D eigenvalue weighted by Gasteiger charge is -2.08. The second-order valence-corrected chi connectivity index (χ2v) is 4.60. The fraction of sp³-hybridized carbons (Fsp3) is 0.900. The van der Waals surface area contributed by atoms with E-state index in [1.165, 1.54) is 0 Å². The van der Waals surface area contributed by atoms with Gasteiger partial charge in [-0.05, 0) is 19.3 Å². The van der Waals surface area contributed by atoms with E-state index < -0.39 is 0 Å². The molecule has 0 aromatic heterocycles. The predicted octanol–water partition coefficient (Wildman–Crippen LogP) is 0.361. The van der Waals surface area contributed by atoms with Gasteiger partial charge in [-0.1, -0.05) is 0 Å². The molecule has 0 radical (unpaired) electrons. The summed E-state index contributed by atoms with van der Waals surface area (Å²) in [5, 5.41) is 9.29. The maximum absolute atomic E-state index is 11.6. The number of Topliss-reactive ketones (excluding diaryl/α,β-unsaturated/α-hetero) is 1. The Labute approximate surface area is 77.1 Å². The van der Waals surface area contributed by atoms with Crippen LogP contribution in [0.2, 0.25) is 0 Å². The first kappa shape index (κ1) is 7.94. The summed E-state index contributed by atoms with van der Waals surface area (Å²) in [6.07, 6.45) is 2.22. The van der Waals surface area contributed by atoms with Crippen LogP contribution >= 0.6 is 0 Å². The molecule has 3 fully saturated rings. The van der Waals surface area contributed by atoms with Gasteiger partial charge in [0.25, 0.3) is 0 Å². The van der Waals surface area contributed by atoms with Crippen LogP contribution in [0.15, 0.2) is 0 Å². The fourth-order valence-electron chi connectivity index (χ4n) is 3.31. The maximum atomic E-state index is 11.6. The quantitative estimate of drug-likeness (QED) is 0.627. The lowest BCUT2D eigenvalue weighted by Crippen LogP contribution is -2.22. The van der Waals surface area contributed by atoms with E-state index in [9.17, 15) is 9.90 Å². The van der Waals surface area contributed by atoms with E-state index in [0.29, 0.717) is 24.4 Å². The summed E-state index contributed by atoms with van der Waals surface area (Å²) in [5.41, 5.74) is -0.366. The Bertz CT molecular complexity index is 275. The molecule has 1 saturated heterocycles. The van der Waals surface area contributed by atoms with Gasteiger partial charge < -0.3 is 9.84 Å². The molecule has 1 N–H and O–H groups in total. The molecule has 0 unspecified atom stereocenters. The zero-order valence-electron chi connectivity index (χ0n) is 7.69. The predicted molar refractivity (Wildman–Crippen MR) is 45.1 cm³/mol. The molecular weight excluding hydrogens is 168 g/mol. The standard InChI is InChI=1S/C10H14O3/c1-5-9(13-5)8-6-2-3-7(12)10(6,8)4-11/h5-6,8-9,11H,2-4H2,1H3/t5-,6+,8-,9-,10-/m0/s1. The second kappa shape index (κ2) is 2.15. The maximum Gasteiger partial charge on any atom is 0.142 e. The molecular formula is C10H14O3. The van der Waals surface area contributed by atoms with Crippen LogP contribution in [0.1, 0.15) is 19.8 Å². The molecule has 0 amide bonds. The number of fused-ring (bicyclic) bond motifs is 1. The van der Waals surface area contributed by atoms with Gasteiger partial charge in [-0.15, -0.1) is 0 Å². The lowest BCUT2D eigenvalue weighted by molar-refractivity contribution is -0.124. The van der Waals surface area contributed by atoms with Crippen molar-refractivity contribution in [3.8, 4) is 0 Å². The highest BCUT2D eigenvalue weighted by Gasteiger charge is 2.76. The fourth-order valence-corrected chi connectivity index (χ4v) is 3.31. The van der Waals surface area contributed by atoms with Crippen LogP contribution in [0, 0.1) is 17.3 Å². The van der Waals surface area contributed by atoms with Gasteiger partial charge in [-0.2, -0.15) is 0 Å². The first-order chi connectivity index (χ1) is 6.21. The Hall–Kier alpha value is -0.410. The summed E-state index contributed by atoms with van der Waals surface area (Å²) in [4.78, 5) is 11.6. The molecule has 3 rings (SSSR count). The molecule has 1 aliphatic heterocycles. The van der Waals surface area contributed by atoms with Gasteiger partial charge in [-0.25, -0.2) is 0 Å². The largest absolute Gasteiger partial charge is 0.395 e. The molecule has 3 aliphatic rings. The van der Waals surface area contributed by atoms with Crippen molar-refractivity contribution in [2.75, 3.05) is 6.61 Å². The highest BCUT2D eigenvalue weighted by Crippen LogP contribution is 2.70. The Balaban J connectivity index is 1.84.